The Kier molecular flexibility index (Phi) is 7.50. The van der Waals surface area contributed by atoms with Gasteiger partial charge in [-0.25, -0.2) is 0 Å². The lowest BCUT2D eigenvalue weighted by atomic mass is 9.82. The lowest BCUT2D eigenvalue weighted by Crippen LogP contribution is -2.34. The van der Waals surface area contributed by atoms with E-state index in [0.29, 0.717) is 28.9 Å². The summed E-state index contributed by atoms with van der Waals surface area (Å²) >= 11 is 0. The Labute approximate surface area is 185 Å². The third-order valence-corrected chi connectivity index (χ3v) is 5.69. The molecule has 0 N–H and O–H groups in total. The van der Waals surface area contributed by atoms with Gasteiger partial charge < -0.3 is 9.47 Å². The molecule has 3 rings (SSSR count). The van der Waals surface area contributed by atoms with Crippen LogP contribution >= 0.6 is 0 Å². The number of hydrogen-bond donors (Lipinski definition) is 0. The quantitative estimate of drug-likeness (QED) is 0.373. The highest BCUT2D eigenvalue weighted by Crippen LogP contribution is 2.32. The van der Waals surface area contributed by atoms with Gasteiger partial charge in [0.1, 0.15) is 5.75 Å². The van der Waals surface area contributed by atoms with E-state index in [1.54, 1.807) is 24.3 Å². The fraction of sp³-hybridized carbons (Fsp3) is 0.462. The molecule has 166 valence electrons. The minimum Gasteiger partial charge on any atom is -0.465 e. The van der Waals surface area contributed by atoms with E-state index in [0.717, 1.165) is 12.2 Å². The highest BCUT2D eigenvalue weighted by atomic mass is 16.7. The summed E-state index contributed by atoms with van der Waals surface area (Å²) in [4.78, 5) is 26.0. The van der Waals surface area contributed by atoms with Crippen molar-refractivity contribution in [3.8, 4) is 5.75 Å². The Hall–Kier alpha value is -2.66. The van der Waals surface area contributed by atoms with Crippen molar-refractivity contribution in [2.75, 3.05) is 13.2 Å². The van der Waals surface area contributed by atoms with Crippen LogP contribution in [0.25, 0.3) is 0 Å². The first kappa shape index (κ1) is 23.0. The van der Waals surface area contributed by atoms with Crippen molar-refractivity contribution >= 4 is 11.8 Å². The molecular weight excluding hydrogens is 390 g/mol. The van der Waals surface area contributed by atoms with Gasteiger partial charge in [-0.2, -0.15) is 0 Å². The van der Waals surface area contributed by atoms with Crippen molar-refractivity contribution in [1.82, 2.24) is 4.90 Å². The van der Waals surface area contributed by atoms with Crippen LogP contribution in [0.1, 0.15) is 73.2 Å². The van der Waals surface area contributed by atoms with Gasteiger partial charge in [0.2, 0.25) is 0 Å². The Balaban J connectivity index is 1.50. The predicted molar refractivity (Wildman–Crippen MR) is 121 cm³/mol. The first-order chi connectivity index (χ1) is 14.8. The number of hydrogen-bond acceptors (Lipinski definition) is 4. The lowest BCUT2D eigenvalue weighted by Gasteiger charge is -2.24. The van der Waals surface area contributed by atoms with Crippen molar-refractivity contribution in [3.63, 3.8) is 0 Å². The van der Waals surface area contributed by atoms with Crippen molar-refractivity contribution in [1.29, 1.82) is 0 Å². The third kappa shape index (κ3) is 5.53. The minimum atomic E-state index is -0.488. The van der Waals surface area contributed by atoms with E-state index in [2.05, 4.69) is 39.8 Å². The summed E-state index contributed by atoms with van der Waals surface area (Å²) in [6, 6.07) is 15.1. The molecule has 31 heavy (non-hydrogen) atoms. The molecule has 1 aliphatic heterocycles. The van der Waals surface area contributed by atoms with Crippen LogP contribution in [0.2, 0.25) is 0 Å². The highest BCUT2D eigenvalue weighted by Gasteiger charge is 2.34. The Morgan fingerprint density at radius 1 is 0.839 bits per heavy atom. The average Bonchev–Trinajstić information content (AvgIpc) is 2.97. The maximum atomic E-state index is 12.4. The van der Waals surface area contributed by atoms with Crippen LogP contribution in [0.5, 0.6) is 5.75 Å². The number of carbonyl (C=O) groups excluding carboxylic acids is 2. The maximum Gasteiger partial charge on any atom is 0.261 e. The molecular formula is C26H33NO4. The number of ether oxygens (including phenoxy) is 2. The smallest absolute Gasteiger partial charge is 0.261 e. The van der Waals surface area contributed by atoms with Crippen molar-refractivity contribution < 1.29 is 19.1 Å². The van der Waals surface area contributed by atoms with Gasteiger partial charge in [-0.1, -0.05) is 52.0 Å². The van der Waals surface area contributed by atoms with Gasteiger partial charge in [0, 0.05) is 0 Å². The number of rotatable bonds is 10. The van der Waals surface area contributed by atoms with Crippen LogP contribution in [0.4, 0.5) is 0 Å². The number of benzene rings is 2. The van der Waals surface area contributed by atoms with E-state index < -0.39 is 6.29 Å². The van der Waals surface area contributed by atoms with Gasteiger partial charge in [0.15, 0.2) is 6.29 Å². The fourth-order valence-corrected chi connectivity index (χ4v) is 4.07. The topological polar surface area (TPSA) is 55.8 Å². The summed E-state index contributed by atoms with van der Waals surface area (Å²) in [5.74, 6) is 1.97. The minimum absolute atomic E-state index is 0.199. The molecule has 1 aliphatic rings. The number of fused-ring (bicyclic) bond motifs is 1. The second-order valence-corrected chi connectivity index (χ2v) is 8.91. The molecule has 5 heteroatoms. The van der Waals surface area contributed by atoms with E-state index in [-0.39, 0.29) is 25.0 Å². The molecule has 5 nitrogen and oxygen atoms in total. The van der Waals surface area contributed by atoms with E-state index in [1.807, 2.05) is 19.1 Å². The van der Waals surface area contributed by atoms with Crippen LogP contribution in [-0.4, -0.2) is 36.2 Å². The van der Waals surface area contributed by atoms with Gasteiger partial charge >= 0.3 is 0 Å². The zero-order valence-electron chi connectivity index (χ0n) is 19.1. The van der Waals surface area contributed by atoms with Crippen LogP contribution in [-0.2, 0) is 4.74 Å². The standard InChI is InChI=1S/C26H33NO4/c1-17(2)16-24(18(3)4)20-10-12-21(13-11-20)31-19(5)30-15-14-27-25(28)22-8-6-7-9-23(22)26(27)29/h6-13,17-19,24H,14-16H2,1-5H3. The summed E-state index contributed by atoms with van der Waals surface area (Å²) in [5, 5.41) is 0. The Morgan fingerprint density at radius 3 is 1.94 bits per heavy atom. The van der Waals surface area contributed by atoms with Gasteiger partial charge in [-0.05, 0) is 60.9 Å². The monoisotopic (exact) mass is 423 g/mol. The van der Waals surface area contributed by atoms with Crippen LogP contribution < -0.4 is 4.74 Å². The molecule has 2 amide bonds. The van der Waals surface area contributed by atoms with E-state index in [9.17, 15) is 9.59 Å². The van der Waals surface area contributed by atoms with Gasteiger partial charge in [0.25, 0.3) is 11.8 Å². The number of nitrogens with zero attached hydrogens (tertiary/aromatic N) is 1. The summed E-state index contributed by atoms with van der Waals surface area (Å²) < 4.78 is 11.6. The largest absolute Gasteiger partial charge is 0.465 e. The van der Waals surface area contributed by atoms with E-state index in [1.165, 1.54) is 10.5 Å². The van der Waals surface area contributed by atoms with E-state index in [4.69, 9.17) is 9.47 Å². The molecule has 0 aliphatic carbocycles. The third-order valence-electron chi connectivity index (χ3n) is 5.69. The SMILES string of the molecule is CC(C)CC(c1ccc(OC(C)OCCN2C(=O)c3ccccc3C2=O)cc1)C(C)C. The van der Waals surface area contributed by atoms with Crippen molar-refractivity contribution in [3.05, 3.63) is 65.2 Å². The Bertz CT molecular complexity index is 869. The summed E-state index contributed by atoms with van der Waals surface area (Å²) in [6.07, 6.45) is 0.674. The molecule has 1 heterocycles. The molecule has 0 radical (unpaired) electrons. The molecule has 2 aromatic rings. The average molecular weight is 424 g/mol. The fourth-order valence-electron chi connectivity index (χ4n) is 4.07. The molecule has 0 saturated heterocycles. The normalized spacial score (nSPS) is 15.5. The zero-order chi connectivity index (χ0) is 22.5. The molecule has 2 atom stereocenters. The number of amides is 2. The predicted octanol–water partition coefficient (Wildman–Crippen LogP) is 5.51. The molecule has 2 aromatic carbocycles. The molecule has 0 aromatic heterocycles. The van der Waals surface area contributed by atoms with E-state index >= 15 is 0 Å². The molecule has 2 unspecified atom stereocenters. The maximum absolute atomic E-state index is 12.4. The first-order valence-electron chi connectivity index (χ1n) is 11.1. The van der Waals surface area contributed by atoms with Crippen molar-refractivity contribution in [2.45, 2.75) is 53.2 Å². The van der Waals surface area contributed by atoms with Gasteiger partial charge in [0.05, 0.1) is 24.3 Å². The molecule has 0 saturated carbocycles. The number of carbonyl (C=O) groups is 2. The van der Waals surface area contributed by atoms with Crippen LogP contribution in [0.3, 0.4) is 0 Å². The van der Waals surface area contributed by atoms with Gasteiger partial charge in [-0.15, -0.1) is 0 Å². The summed E-state index contributed by atoms with van der Waals surface area (Å²) in [7, 11) is 0. The second kappa shape index (κ2) is 10.1. The zero-order valence-corrected chi connectivity index (χ0v) is 19.1. The Morgan fingerprint density at radius 2 is 1.42 bits per heavy atom. The summed E-state index contributed by atoms with van der Waals surface area (Å²) in [5.41, 5.74) is 2.23. The first-order valence-corrected chi connectivity index (χ1v) is 11.1. The summed E-state index contributed by atoms with van der Waals surface area (Å²) in [6.45, 7) is 11.3. The van der Waals surface area contributed by atoms with Gasteiger partial charge in [-0.3, -0.25) is 14.5 Å². The second-order valence-electron chi connectivity index (χ2n) is 8.91. The molecule has 0 spiro atoms. The molecule has 0 bridgehead atoms. The van der Waals surface area contributed by atoms with Crippen LogP contribution in [0, 0.1) is 11.8 Å². The number of imide groups is 1. The lowest BCUT2D eigenvalue weighted by molar-refractivity contribution is -0.0689. The molecule has 0 fully saturated rings. The van der Waals surface area contributed by atoms with Crippen molar-refractivity contribution in [2.24, 2.45) is 11.8 Å². The van der Waals surface area contributed by atoms with Crippen LogP contribution in [0.15, 0.2) is 48.5 Å². The highest BCUT2D eigenvalue weighted by molar-refractivity contribution is 6.21.